The molecule has 0 aromatic carbocycles. The summed E-state index contributed by atoms with van der Waals surface area (Å²) >= 11 is 9.30. The Morgan fingerprint density at radius 3 is 2.68 bits per heavy atom. The van der Waals surface area contributed by atoms with Gasteiger partial charge in [-0.25, -0.2) is 4.98 Å². The molecule has 0 fully saturated rings. The van der Waals surface area contributed by atoms with Gasteiger partial charge in [0, 0.05) is 30.0 Å². The molecular weight excluding hydrogens is 451 g/mol. The first-order valence-corrected chi connectivity index (χ1v) is 8.73. The zero-order valence-corrected chi connectivity index (χ0v) is 17.5. The van der Waals surface area contributed by atoms with E-state index in [1.54, 1.807) is 29.7 Å². The first-order chi connectivity index (χ1) is 10.1. The zero-order chi connectivity index (χ0) is 15.2. The van der Waals surface area contributed by atoms with Crippen LogP contribution in [0.5, 0.6) is 0 Å². The molecule has 2 rings (SSSR count). The van der Waals surface area contributed by atoms with Gasteiger partial charge in [-0.15, -0.1) is 46.7 Å². The van der Waals surface area contributed by atoms with Gasteiger partial charge in [0.05, 0.1) is 17.4 Å². The average molecular weight is 471 g/mol. The van der Waals surface area contributed by atoms with Crippen LogP contribution in [0.25, 0.3) is 0 Å². The fourth-order valence-corrected chi connectivity index (χ4v) is 3.82. The Labute approximate surface area is 161 Å². The van der Waals surface area contributed by atoms with Gasteiger partial charge in [0.25, 0.3) is 0 Å². The second kappa shape index (κ2) is 9.69. The molecule has 0 aliphatic heterocycles. The zero-order valence-electron chi connectivity index (χ0n) is 12.8. The highest BCUT2D eigenvalue weighted by Gasteiger charge is 2.09. The minimum absolute atomic E-state index is 0. The van der Waals surface area contributed by atoms with Gasteiger partial charge in [0.2, 0.25) is 0 Å². The van der Waals surface area contributed by atoms with Crippen molar-refractivity contribution in [3.8, 4) is 0 Å². The molecule has 122 valence electrons. The topological polar surface area (TPSA) is 40.5 Å². The van der Waals surface area contributed by atoms with E-state index >= 15 is 0 Å². The van der Waals surface area contributed by atoms with Crippen molar-refractivity contribution in [2.24, 2.45) is 4.99 Å². The Morgan fingerprint density at radius 2 is 2.14 bits per heavy atom. The summed E-state index contributed by atoms with van der Waals surface area (Å²) in [6.07, 6.45) is 2.98. The summed E-state index contributed by atoms with van der Waals surface area (Å²) < 4.78 is 0.816. The van der Waals surface area contributed by atoms with Gasteiger partial charge < -0.3 is 10.2 Å². The summed E-state index contributed by atoms with van der Waals surface area (Å²) in [5, 5.41) is 4.43. The van der Waals surface area contributed by atoms with E-state index in [0.717, 1.165) is 28.3 Å². The summed E-state index contributed by atoms with van der Waals surface area (Å²) in [7, 11) is 3.81. The van der Waals surface area contributed by atoms with Crippen molar-refractivity contribution in [3.63, 3.8) is 0 Å². The lowest BCUT2D eigenvalue weighted by molar-refractivity contribution is 0.481. The smallest absolute Gasteiger partial charge is 0.194 e. The predicted molar refractivity (Wildman–Crippen MR) is 108 cm³/mol. The molecular formula is C14H20ClIN4S2. The fourth-order valence-electron chi connectivity index (χ4n) is 1.88. The number of nitrogens with one attached hydrogen (secondary N) is 1. The average Bonchev–Trinajstić information content (AvgIpc) is 3.08. The summed E-state index contributed by atoms with van der Waals surface area (Å²) in [5.41, 5.74) is 0. The van der Waals surface area contributed by atoms with Crippen LogP contribution in [0.4, 0.5) is 0 Å². The SMILES string of the molecule is CCc1cnc(CNC(=NC)N(C)Cc2ccc(Cl)s2)s1.I. The number of aliphatic imine (C=N–C) groups is 1. The molecule has 0 spiro atoms. The summed E-state index contributed by atoms with van der Waals surface area (Å²) in [6, 6.07) is 3.97. The van der Waals surface area contributed by atoms with E-state index in [9.17, 15) is 0 Å². The van der Waals surface area contributed by atoms with Crippen molar-refractivity contribution in [2.45, 2.75) is 26.4 Å². The third-order valence-electron chi connectivity index (χ3n) is 2.94. The number of thiophene rings is 1. The lowest BCUT2D eigenvalue weighted by atomic mass is 10.4. The third kappa shape index (κ3) is 5.68. The standard InChI is InChI=1S/C14H19ClN4S2.HI/c1-4-10-7-17-13(21-10)8-18-14(16-2)19(3)9-11-5-6-12(15)20-11;/h5-7H,4,8-9H2,1-3H3,(H,16,18);1H. The quantitative estimate of drug-likeness (QED) is 0.403. The van der Waals surface area contributed by atoms with Gasteiger partial charge in [-0.3, -0.25) is 4.99 Å². The molecule has 0 amide bonds. The van der Waals surface area contributed by atoms with Crippen molar-refractivity contribution >= 4 is 64.2 Å². The van der Waals surface area contributed by atoms with Crippen LogP contribution < -0.4 is 5.32 Å². The van der Waals surface area contributed by atoms with Gasteiger partial charge in [-0.05, 0) is 18.6 Å². The van der Waals surface area contributed by atoms with Gasteiger partial charge in [0.15, 0.2) is 5.96 Å². The Bertz CT molecular complexity index is 612. The Kier molecular flexibility index (Phi) is 8.66. The van der Waals surface area contributed by atoms with Gasteiger partial charge >= 0.3 is 0 Å². The molecule has 0 saturated heterocycles. The van der Waals surface area contributed by atoms with E-state index in [4.69, 9.17) is 11.6 Å². The molecule has 0 aliphatic carbocycles. The van der Waals surface area contributed by atoms with Crippen LogP contribution in [0.3, 0.4) is 0 Å². The molecule has 22 heavy (non-hydrogen) atoms. The highest BCUT2D eigenvalue weighted by molar-refractivity contribution is 14.0. The molecule has 0 saturated carbocycles. The molecule has 4 nitrogen and oxygen atoms in total. The monoisotopic (exact) mass is 470 g/mol. The van der Waals surface area contributed by atoms with E-state index in [0.29, 0.717) is 6.54 Å². The van der Waals surface area contributed by atoms with Crippen molar-refractivity contribution < 1.29 is 0 Å². The van der Waals surface area contributed by atoms with Crippen LogP contribution in [0.15, 0.2) is 23.3 Å². The van der Waals surface area contributed by atoms with Crippen LogP contribution in [-0.4, -0.2) is 29.9 Å². The van der Waals surface area contributed by atoms with E-state index < -0.39 is 0 Å². The van der Waals surface area contributed by atoms with Crippen LogP contribution in [0, 0.1) is 0 Å². The maximum absolute atomic E-state index is 5.96. The van der Waals surface area contributed by atoms with Crippen molar-refractivity contribution in [1.82, 2.24) is 15.2 Å². The molecule has 0 atom stereocenters. The number of rotatable bonds is 5. The number of halogens is 2. The van der Waals surface area contributed by atoms with E-state index in [2.05, 4.69) is 27.1 Å². The predicted octanol–water partition coefficient (Wildman–Crippen LogP) is 4.25. The summed E-state index contributed by atoms with van der Waals surface area (Å²) in [4.78, 5) is 13.3. The van der Waals surface area contributed by atoms with Crippen LogP contribution in [0.2, 0.25) is 4.34 Å². The number of hydrogen-bond acceptors (Lipinski definition) is 4. The number of thiazole rings is 1. The first-order valence-electron chi connectivity index (χ1n) is 6.72. The van der Waals surface area contributed by atoms with Crippen molar-refractivity contribution in [1.29, 1.82) is 0 Å². The van der Waals surface area contributed by atoms with Crippen LogP contribution in [-0.2, 0) is 19.5 Å². The maximum Gasteiger partial charge on any atom is 0.194 e. The van der Waals surface area contributed by atoms with E-state index in [-0.39, 0.29) is 24.0 Å². The molecule has 2 heterocycles. The molecule has 0 radical (unpaired) electrons. The number of aromatic nitrogens is 1. The fraction of sp³-hybridized carbons (Fsp3) is 0.429. The van der Waals surface area contributed by atoms with E-state index in [1.807, 2.05) is 25.4 Å². The number of nitrogens with zero attached hydrogens (tertiary/aromatic N) is 3. The van der Waals surface area contributed by atoms with Gasteiger partial charge in [-0.2, -0.15) is 0 Å². The molecule has 0 unspecified atom stereocenters. The molecule has 0 aliphatic rings. The Balaban J connectivity index is 0.00000242. The third-order valence-corrected chi connectivity index (χ3v) is 5.30. The molecule has 1 N–H and O–H groups in total. The van der Waals surface area contributed by atoms with Crippen LogP contribution >= 0.6 is 58.3 Å². The summed E-state index contributed by atoms with van der Waals surface area (Å²) in [5.74, 6) is 0.854. The first kappa shape index (κ1) is 19.7. The Hall–Kier alpha value is -0.380. The van der Waals surface area contributed by atoms with Crippen molar-refractivity contribution in [3.05, 3.63) is 37.4 Å². The molecule has 8 heteroatoms. The highest BCUT2D eigenvalue weighted by Crippen LogP contribution is 2.22. The second-order valence-electron chi connectivity index (χ2n) is 4.54. The van der Waals surface area contributed by atoms with E-state index in [1.165, 1.54) is 9.75 Å². The molecule has 2 aromatic heterocycles. The highest BCUT2D eigenvalue weighted by atomic mass is 127. The van der Waals surface area contributed by atoms with Crippen LogP contribution in [0.1, 0.15) is 21.7 Å². The molecule has 0 bridgehead atoms. The Morgan fingerprint density at radius 1 is 1.36 bits per heavy atom. The summed E-state index contributed by atoms with van der Waals surface area (Å²) in [6.45, 7) is 3.63. The molecule has 2 aromatic rings. The normalized spacial score (nSPS) is 11.2. The van der Waals surface area contributed by atoms with Crippen molar-refractivity contribution in [2.75, 3.05) is 14.1 Å². The second-order valence-corrected chi connectivity index (χ2v) is 7.54. The lowest BCUT2D eigenvalue weighted by Gasteiger charge is -2.21. The number of guanidine groups is 1. The lowest BCUT2D eigenvalue weighted by Crippen LogP contribution is -2.37. The van der Waals surface area contributed by atoms with Gasteiger partial charge in [-0.1, -0.05) is 18.5 Å². The number of hydrogen-bond donors (Lipinski definition) is 1. The number of aryl methyl sites for hydroxylation is 1. The minimum Gasteiger partial charge on any atom is -0.350 e. The minimum atomic E-state index is 0. The maximum atomic E-state index is 5.96. The largest absolute Gasteiger partial charge is 0.350 e. The van der Waals surface area contributed by atoms with Gasteiger partial charge in [0.1, 0.15) is 5.01 Å².